The van der Waals surface area contributed by atoms with E-state index in [0.29, 0.717) is 12.1 Å². The van der Waals surface area contributed by atoms with E-state index >= 15 is 0 Å². The second-order valence-corrected chi connectivity index (χ2v) is 4.57. The zero-order chi connectivity index (χ0) is 10.8. The van der Waals surface area contributed by atoms with Crippen molar-refractivity contribution in [2.75, 3.05) is 11.4 Å². The monoisotopic (exact) mass is 204 g/mol. The van der Waals surface area contributed by atoms with Crippen LogP contribution in [0, 0.1) is 0 Å². The van der Waals surface area contributed by atoms with Crippen molar-refractivity contribution in [2.45, 2.75) is 38.8 Å². The molecule has 2 nitrogen and oxygen atoms in total. The van der Waals surface area contributed by atoms with Gasteiger partial charge in [-0.25, -0.2) is 0 Å². The van der Waals surface area contributed by atoms with E-state index in [9.17, 15) is 0 Å². The van der Waals surface area contributed by atoms with E-state index in [-0.39, 0.29) is 0 Å². The van der Waals surface area contributed by atoms with E-state index in [1.165, 1.54) is 11.3 Å². The van der Waals surface area contributed by atoms with E-state index in [1.54, 1.807) is 0 Å². The van der Waals surface area contributed by atoms with E-state index in [4.69, 9.17) is 5.73 Å². The Bertz CT molecular complexity index is 333. The Kier molecular flexibility index (Phi) is 2.96. The van der Waals surface area contributed by atoms with Crippen LogP contribution in [0.3, 0.4) is 0 Å². The molecule has 0 aromatic heterocycles. The van der Waals surface area contributed by atoms with Gasteiger partial charge >= 0.3 is 0 Å². The Morgan fingerprint density at radius 2 is 2.13 bits per heavy atom. The fraction of sp³-hybridized carbons (Fsp3) is 0.538. The van der Waals surface area contributed by atoms with E-state index < -0.39 is 0 Å². The maximum absolute atomic E-state index is 5.68. The van der Waals surface area contributed by atoms with Crippen LogP contribution in [-0.2, 0) is 6.42 Å². The number of nitrogens with zero attached hydrogens (tertiary/aromatic N) is 1. The number of anilines is 1. The van der Waals surface area contributed by atoms with Crippen LogP contribution in [0.1, 0.15) is 25.8 Å². The Labute approximate surface area is 92.1 Å². The molecule has 2 rings (SSSR count). The van der Waals surface area contributed by atoms with Crippen molar-refractivity contribution in [2.24, 2.45) is 5.73 Å². The van der Waals surface area contributed by atoms with Crippen molar-refractivity contribution in [3.8, 4) is 0 Å². The molecule has 82 valence electrons. The highest BCUT2D eigenvalue weighted by Crippen LogP contribution is 2.34. The summed E-state index contributed by atoms with van der Waals surface area (Å²) in [7, 11) is 0. The van der Waals surface area contributed by atoms with Crippen LogP contribution in [0.25, 0.3) is 0 Å². The molecule has 0 spiro atoms. The average Bonchev–Trinajstić information content (AvgIpc) is 2.56. The van der Waals surface area contributed by atoms with Crippen molar-refractivity contribution >= 4 is 5.69 Å². The van der Waals surface area contributed by atoms with Gasteiger partial charge in [0.1, 0.15) is 0 Å². The van der Waals surface area contributed by atoms with Gasteiger partial charge < -0.3 is 10.6 Å². The minimum Gasteiger partial charge on any atom is -0.366 e. The smallest absolute Gasteiger partial charge is 0.0404 e. The van der Waals surface area contributed by atoms with Crippen molar-refractivity contribution in [1.29, 1.82) is 0 Å². The third kappa shape index (κ3) is 1.86. The van der Waals surface area contributed by atoms with E-state index in [1.807, 2.05) is 0 Å². The maximum atomic E-state index is 5.68. The Morgan fingerprint density at radius 1 is 1.40 bits per heavy atom. The fourth-order valence-corrected chi connectivity index (χ4v) is 2.62. The van der Waals surface area contributed by atoms with Crippen LogP contribution in [0.4, 0.5) is 5.69 Å². The average molecular weight is 204 g/mol. The summed E-state index contributed by atoms with van der Waals surface area (Å²) >= 11 is 0. The lowest BCUT2D eigenvalue weighted by molar-refractivity contribution is 0.542. The van der Waals surface area contributed by atoms with Crippen LogP contribution in [0.15, 0.2) is 24.3 Å². The van der Waals surface area contributed by atoms with Gasteiger partial charge in [-0.15, -0.1) is 0 Å². The molecule has 1 heterocycles. The summed E-state index contributed by atoms with van der Waals surface area (Å²) in [6.07, 6.45) is 2.25. The third-order valence-electron chi connectivity index (χ3n) is 3.17. The standard InChI is InChI=1S/C13H20N2/c1-10(2)15-12(7-8-14)9-11-5-3-4-6-13(11)15/h3-6,10,12H,7-9,14H2,1-2H3. The molecule has 1 aromatic rings. The maximum Gasteiger partial charge on any atom is 0.0404 e. The Balaban J connectivity index is 2.29. The molecule has 1 atom stereocenters. The molecule has 15 heavy (non-hydrogen) atoms. The molecule has 1 aliphatic heterocycles. The molecule has 0 radical (unpaired) electrons. The van der Waals surface area contributed by atoms with Gasteiger partial charge in [0.15, 0.2) is 0 Å². The second kappa shape index (κ2) is 4.23. The molecule has 0 amide bonds. The van der Waals surface area contributed by atoms with Gasteiger partial charge in [0, 0.05) is 17.8 Å². The Hall–Kier alpha value is -1.02. The number of hydrogen-bond donors (Lipinski definition) is 1. The molecule has 2 heteroatoms. The lowest BCUT2D eigenvalue weighted by Gasteiger charge is -2.31. The van der Waals surface area contributed by atoms with Gasteiger partial charge in [0.05, 0.1) is 0 Å². The first-order valence-electron chi connectivity index (χ1n) is 5.80. The predicted octanol–water partition coefficient (Wildman–Crippen LogP) is 2.17. The van der Waals surface area contributed by atoms with Crippen molar-refractivity contribution in [3.05, 3.63) is 29.8 Å². The summed E-state index contributed by atoms with van der Waals surface area (Å²) < 4.78 is 0. The Morgan fingerprint density at radius 3 is 2.80 bits per heavy atom. The first-order chi connectivity index (χ1) is 7.24. The first kappa shape index (κ1) is 10.5. The molecule has 1 unspecified atom stereocenters. The van der Waals surface area contributed by atoms with Gasteiger partial charge in [-0.05, 0) is 44.9 Å². The van der Waals surface area contributed by atoms with Gasteiger partial charge in [-0.2, -0.15) is 0 Å². The molecular weight excluding hydrogens is 184 g/mol. The summed E-state index contributed by atoms with van der Waals surface area (Å²) in [5.41, 5.74) is 8.56. The zero-order valence-corrected chi connectivity index (χ0v) is 9.61. The molecule has 0 saturated carbocycles. The van der Waals surface area contributed by atoms with Gasteiger partial charge in [0.2, 0.25) is 0 Å². The number of fused-ring (bicyclic) bond motifs is 1. The van der Waals surface area contributed by atoms with Gasteiger partial charge in [-0.3, -0.25) is 0 Å². The van der Waals surface area contributed by atoms with Gasteiger partial charge in [0.25, 0.3) is 0 Å². The topological polar surface area (TPSA) is 29.3 Å². The van der Waals surface area contributed by atoms with Crippen molar-refractivity contribution in [3.63, 3.8) is 0 Å². The summed E-state index contributed by atoms with van der Waals surface area (Å²) in [4.78, 5) is 2.52. The normalized spacial score (nSPS) is 19.7. The fourth-order valence-electron chi connectivity index (χ4n) is 2.62. The summed E-state index contributed by atoms with van der Waals surface area (Å²) in [5, 5.41) is 0. The van der Waals surface area contributed by atoms with Crippen LogP contribution in [0.5, 0.6) is 0 Å². The first-order valence-corrected chi connectivity index (χ1v) is 5.80. The van der Waals surface area contributed by atoms with Crippen LogP contribution >= 0.6 is 0 Å². The quantitative estimate of drug-likeness (QED) is 0.817. The van der Waals surface area contributed by atoms with Crippen LogP contribution in [-0.4, -0.2) is 18.6 Å². The highest BCUT2D eigenvalue weighted by Gasteiger charge is 2.29. The molecule has 0 aliphatic carbocycles. The third-order valence-corrected chi connectivity index (χ3v) is 3.17. The summed E-state index contributed by atoms with van der Waals surface area (Å²) in [6, 6.07) is 9.88. The van der Waals surface area contributed by atoms with Crippen LogP contribution in [0.2, 0.25) is 0 Å². The summed E-state index contributed by atoms with van der Waals surface area (Å²) in [6.45, 7) is 5.29. The summed E-state index contributed by atoms with van der Waals surface area (Å²) in [5.74, 6) is 0. The van der Waals surface area contributed by atoms with E-state index in [0.717, 1.165) is 19.4 Å². The van der Waals surface area contributed by atoms with Gasteiger partial charge in [-0.1, -0.05) is 18.2 Å². The molecule has 2 N–H and O–H groups in total. The number of rotatable bonds is 3. The van der Waals surface area contributed by atoms with Crippen molar-refractivity contribution in [1.82, 2.24) is 0 Å². The highest BCUT2D eigenvalue weighted by molar-refractivity contribution is 5.59. The van der Waals surface area contributed by atoms with Crippen molar-refractivity contribution < 1.29 is 0 Å². The van der Waals surface area contributed by atoms with E-state index in [2.05, 4.69) is 43.0 Å². The zero-order valence-electron chi connectivity index (χ0n) is 9.61. The lowest BCUT2D eigenvalue weighted by atomic mass is 10.1. The van der Waals surface area contributed by atoms with Crippen LogP contribution < -0.4 is 10.6 Å². The molecule has 0 fully saturated rings. The SMILES string of the molecule is CC(C)N1c2ccccc2CC1CCN. The second-order valence-electron chi connectivity index (χ2n) is 4.57. The number of nitrogens with two attached hydrogens (primary N) is 1. The lowest BCUT2D eigenvalue weighted by Crippen LogP contribution is -2.38. The minimum absolute atomic E-state index is 0.560. The molecule has 0 saturated heterocycles. The molecule has 0 bridgehead atoms. The number of para-hydroxylation sites is 1. The predicted molar refractivity (Wildman–Crippen MR) is 65.2 cm³/mol. The largest absolute Gasteiger partial charge is 0.366 e. The minimum atomic E-state index is 0.560. The molecular formula is C13H20N2. The number of benzene rings is 1. The molecule has 1 aliphatic rings. The molecule has 1 aromatic carbocycles. The number of hydrogen-bond acceptors (Lipinski definition) is 2. The highest BCUT2D eigenvalue weighted by atomic mass is 15.2.